The quantitative estimate of drug-likeness (QED) is 0.0214. The highest BCUT2D eigenvalue weighted by Gasteiger charge is 2.51. The van der Waals surface area contributed by atoms with E-state index in [1.165, 1.54) is 25.7 Å². The van der Waals surface area contributed by atoms with Crippen molar-refractivity contribution in [1.29, 1.82) is 0 Å². The molecule has 0 bridgehead atoms. The maximum atomic E-state index is 12.7. The molecule has 296 valence electrons. The maximum Gasteiger partial charge on any atom is 0.472 e. The zero-order valence-electron chi connectivity index (χ0n) is 30.9. The normalized spacial score (nSPS) is 24.6. The number of unbranched alkanes of at least 4 members (excludes halogenated alkanes) is 10. The van der Waals surface area contributed by atoms with E-state index in [1.54, 1.807) is 0 Å². The Morgan fingerprint density at radius 1 is 0.647 bits per heavy atom. The van der Waals surface area contributed by atoms with Crippen LogP contribution in [-0.4, -0.2) is 98.9 Å². The lowest BCUT2D eigenvalue weighted by molar-refractivity contribution is -0.220. The van der Waals surface area contributed by atoms with E-state index < -0.39 is 63.1 Å². The molecule has 0 heterocycles. The van der Waals surface area contributed by atoms with Gasteiger partial charge >= 0.3 is 13.8 Å². The number of carbonyl (C=O) groups excluding carboxylic acids is 1. The first-order valence-electron chi connectivity index (χ1n) is 19.0. The van der Waals surface area contributed by atoms with Crippen molar-refractivity contribution in [3.63, 3.8) is 0 Å². The SMILES string of the molecule is CC/C=C\C/C=C\C/C=C\C/C=C\CCCCCOCC(COP(=O)(O)OC1C(O)C(O)C(O)C(O)C1O)OC(=O)CCCCCCCCCC. The largest absolute Gasteiger partial charge is 0.472 e. The minimum Gasteiger partial charge on any atom is -0.457 e. The first-order valence-corrected chi connectivity index (χ1v) is 20.5. The highest BCUT2D eigenvalue weighted by molar-refractivity contribution is 7.47. The molecular formula is C38H67O12P. The molecule has 13 heteroatoms. The average Bonchev–Trinajstić information content (AvgIpc) is 3.11. The lowest BCUT2D eigenvalue weighted by Crippen LogP contribution is -2.64. The van der Waals surface area contributed by atoms with Crippen molar-refractivity contribution in [3.8, 4) is 0 Å². The topological polar surface area (TPSA) is 192 Å². The van der Waals surface area contributed by atoms with Gasteiger partial charge in [-0.1, -0.05) is 114 Å². The Bertz CT molecular complexity index is 1030. The van der Waals surface area contributed by atoms with Gasteiger partial charge in [0.2, 0.25) is 0 Å². The van der Waals surface area contributed by atoms with Gasteiger partial charge < -0.3 is 39.9 Å². The molecule has 0 aromatic rings. The number of aliphatic hydroxyl groups is 5. The average molecular weight is 747 g/mol. The van der Waals surface area contributed by atoms with Gasteiger partial charge in [-0.15, -0.1) is 0 Å². The molecule has 0 saturated heterocycles. The fourth-order valence-electron chi connectivity index (χ4n) is 5.40. The van der Waals surface area contributed by atoms with Crippen LogP contribution < -0.4 is 0 Å². The third-order valence-electron chi connectivity index (χ3n) is 8.47. The van der Waals surface area contributed by atoms with Crippen molar-refractivity contribution in [2.45, 2.75) is 166 Å². The number of phosphoric ester groups is 1. The number of ether oxygens (including phenoxy) is 2. The monoisotopic (exact) mass is 746 g/mol. The predicted molar refractivity (Wildman–Crippen MR) is 198 cm³/mol. The van der Waals surface area contributed by atoms with E-state index in [2.05, 4.69) is 62.5 Å². The van der Waals surface area contributed by atoms with Crippen LogP contribution in [0, 0.1) is 0 Å². The molecule has 6 atom stereocenters. The van der Waals surface area contributed by atoms with Crippen LogP contribution in [-0.2, 0) is 27.9 Å². The van der Waals surface area contributed by atoms with Crippen molar-refractivity contribution in [1.82, 2.24) is 0 Å². The molecule has 6 unspecified atom stereocenters. The summed E-state index contributed by atoms with van der Waals surface area (Å²) in [5.74, 6) is -0.497. The number of hydrogen-bond acceptors (Lipinski definition) is 11. The number of aliphatic hydroxyl groups excluding tert-OH is 5. The molecular weight excluding hydrogens is 679 g/mol. The molecule has 51 heavy (non-hydrogen) atoms. The molecule has 1 saturated carbocycles. The van der Waals surface area contributed by atoms with Crippen LogP contribution in [0.1, 0.15) is 123 Å². The van der Waals surface area contributed by atoms with Crippen LogP contribution in [0.3, 0.4) is 0 Å². The lowest BCUT2D eigenvalue weighted by Gasteiger charge is -2.41. The first kappa shape index (κ1) is 47.3. The van der Waals surface area contributed by atoms with Crippen molar-refractivity contribution in [3.05, 3.63) is 48.6 Å². The fraction of sp³-hybridized carbons (Fsp3) is 0.763. The minimum absolute atomic E-state index is 0.0989. The summed E-state index contributed by atoms with van der Waals surface area (Å²) < 4.78 is 33.8. The summed E-state index contributed by atoms with van der Waals surface area (Å²) in [5, 5.41) is 49.9. The summed E-state index contributed by atoms with van der Waals surface area (Å²) >= 11 is 0. The molecule has 0 aromatic heterocycles. The fourth-order valence-corrected chi connectivity index (χ4v) is 6.38. The molecule has 0 radical (unpaired) electrons. The molecule has 1 rings (SSSR count). The molecule has 0 spiro atoms. The third-order valence-corrected chi connectivity index (χ3v) is 9.45. The van der Waals surface area contributed by atoms with Gasteiger partial charge in [0, 0.05) is 13.0 Å². The highest BCUT2D eigenvalue weighted by atomic mass is 31.2. The van der Waals surface area contributed by atoms with Crippen LogP contribution in [0.15, 0.2) is 48.6 Å². The number of allylic oxidation sites excluding steroid dienone is 8. The van der Waals surface area contributed by atoms with E-state index in [4.69, 9.17) is 18.5 Å². The van der Waals surface area contributed by atoms with Gasteiger partial charge in [-0.3, -0.25) is 13.8 Å². The Labute approximate surface area is 305 Å². The predicted octanol–water partition coefficient (Wildman–Crippen LogP) is 6.13. The van der Waals surface area contributed by atoms with Crippen molar-refractivity contribution in [2.24, 2.45) is 0 Å². The Kier molecular flexibility index (Phi) is 27.6. The highest BCUT2D eigenvalue weighted by Crippen LogP contribution is 2.47. The smallest absolute Gasteiger partial charge is 0.457 e. The first-order chi connectivity index (χ1) is 24.5. The van der Waals surface area contributed by atoms with Crippen LogP contribution in [0.25, 0.3) is 0 Å². The van der Waals surface area contributed by atoms with Crippen LogP contribution in [0.2, 0.25) is 0 Å². The van der Waals surface area contributed by atoms with E-state index in [0.717, 1.165) is 70.6 Å². The van der Waals surface area contributed by atoms with E-state index in [1.807, 2.05) is 0 Å². The Balaban J connectivity index is 2.48. The Hall–Kier alpha value is -1.70. The van der Waals surface area contributed by atoms with Crippen molar-refractivity contribution >= 4 is 13.8 Å². The van der Waals surface area contributed by atoms with Crippen LogP contribution >= 0.6 is 7.82 Å². The molecule has 1 fully saturated rings. The summed E-state index contributed by atoms with van der Waals surface area (Å²) in [6, 6.07) is 0. The zero-order chi connectivity index (χ0) is 37.7. The van der Waals surface area contributed by atoms with Gasteiger partial charge in [0.15, 0.2) is 0 Å². The van der Waals surface area contributed by atoms with E-state index in [0.29, 0.717) is 13.0 Å². The molecule has 0 aromatic carbocycles. The molecule has 1 aliphatic carbocycles. The summed E-state index contributed by atoms with van der Waals surface area (Å²) in [4.78, 5) is 22.9. The number of esters is 1. The lowest BCUT2D eigenvalue weighted by atomic mass is 9.85. The molecule has 0 amide bonds. The van der Waals surface area contributed by atoms with Crippen molar-refractivity contribution in [2.75, 3.05) is 19.8 Å². The minimum atomic E-state index is -5.01. The van der Waals surface area contributed by atoms with Gasteiger partial charge in [-0.25, -0.2) is 4.57 Å². The second-order valence-corrected chi connectivity index (χ2v) is 14.5. The van der Waals surface area contributed by atoms with Crippen LogP contribution in [0.5, 0.6) is 0 Å². The Morgan fingerprint density at radius 2 is 1.16 bits per heavy atom. The van der Waals surface area contributed by atoms with E-state index >= 15 is 0 Å². The van der Waals surface area contributed by atoms with Gasteiger partial charge in [-0.2, -0.15) is 0 Å². The second-order valence-electron chi connectivity index (χ2n) is 13.0. The number of hydrogen-bond donors (Lipinski definition) is 6. The summed E-state index contributed by atoms with van der Waals surface area (Å²) in [5.41, 5.74) is 0. The number of rotatable bonds is 30. The van der Waals surface area contributed by atoms with Gasteiger partial charge in [0.1, 0.15) is 42.7 Å². The molecule has 1 aliphatic rings. The van der Waals surface area contributed by atoms with Gasteiger partial charge in [-0.05, 0) is 51.4 Å². The zero-order valence-corrected chi connectivity index (χ0v) is 31.8. The van der Waals surface area contributed by atoms with Gasteiger partial charge in [0.25, 0.3) is 0 Å². The summed E-state index contributed by atoms with van der Waals surface area (Å²) in [6.07, 6.45) is 20.7. The van der Waals surface area contributed by atoms with E-state index in [-0.39, 0.29) is 13.0 Å². The summed E-state index contributed by atoms with van der Waals surface area (Å²) in [7, 11) is -5.01. The van der Waals surface area contributed by atoms with Gasteiger partial charge in [0.05, 0.1) is 13.2 Å². The maximum absolute atomic E-state index is 12.7. The Morgan fingerprint density at radius 3 is 1.75 bits per heavy atom. The molecule has 6 N–H and O–H groups in total. The third kappa shape index (κ3) is 22.9. The van der Waals surface area contributed by atoms with Crippen LogP contribution in [0.4, 0.5) is 0 Å². The molecule has 12 nitrogen and oxygen atoms in total. The second kappa shape index (κ2) is 29.7. The number of phosphoric acid groups is 1. The van der Waals surface area contributed by atoms with Crippen molar-refractivity contribution < 1.29 is 58.3 Å². The number of carbonyl (C=O) groups is 1. The molecule has 0 aliphatic heterocycles. The standard InChI is InChI=1S/C38H67O12P/c1-3-5-7-9-11-13-14-15-16-17-18-19-20-22-24-26-28-47-29-31(49-32(39)27-25-23-21-12-10-8-6-4-2)30-48-51(45,46)50-38-36(43)34(41)33(40)35(42)37(38)44/h5,7,11,13,15-16,18-19,31,33-38,40-44H,3-4,6,8-10,12,14,17,20-30H2,1-2H3,(H,45,46)/b7-5-,13-11-,16-15-,19-18-. The summed E-state index contributed by atoms with van der Waals surface area (Å²) in [6.45, 7) is 3.99. The van der Waals surface area contributed by atoms with E-state index in [9.17, 15) is 39.8 Å².